The highest BCUT2D eigenvalue weighted by Gasteiger charge is 2.19. The van der Waals surface area contributed by atoms with E-state index in [1.54, 1.807) is 0 Å². The predicted octanol–water partition coefficient (Wildman–Crippen LogP) is 4.40. The van der Waals surface area contributed by atoms with Gasteiger partial charge in [0.15, 0.2) is 0 Å². The van der Waals surface area contributed by atoms with E-state index in [4.69, 9.17) is 11.6 Å². The molecule has 0 bridgehead atoms. The highest BCUT2D eigenvalue weighted by Crippen LogP contribution is 2.33. The van der Waals surface area contributed by atoms with Gasteiger partial charge in [0.2, 0.25) is 0 Å². The van der Waals surface area contributed by atoms with Crippen molar-refractivity contribution in [1.82, 2.24) is 9.97 Å². The summed E-state index contributed by atoms with van der Waals surface area (Å²) in [5.74, 6) is -1.38. The van der Waals surface area contributed by atoms with Crippen molar-refractivity contribution in [1.29, 1.82) is 0 Å². The first-order valence-corrected chi connectivity index (χ1v) is 6.36. The van der Waals surface area contributed by atoms with Crippen molar-refractivity contribution in [3.05, 3.63) is 45.3 Å². The number of benzene rings is 1. The Kier molecular flexibility index (Phi) is 3.92. The Balaban J connectivity index is 2.77. The molecular weight excluding hydrogens is 325 g/mol. The maximum atomic E-state index is 14.0. The molecule has 0 radical (unpaired) electrons. The third-order valence-corrected chi connectivity index (χ3v) is 3.47. The molecule has 94 valence electrons. The molecule has 0 amide bonds. The molecule has 0 aliphatic heterocycles. The van der Waals surface area contributed by atoms with E-state index < -0.39 is 11.6 Å². The Bertz CT molecular complexity index is 605. The van der Waals surface area contributed by atoms with Gasteiger partial charge < -0.3 is 0 Å². The third kappa shape index (κ3) is 2.24. The van der Waals surface area contributed by atoms with Crippen LogP contribution in [0.3, 0.4) is 0 Å². The first kappa shape index (κ1) is 13.4. The van der Waals surface area contributed by atoms with E-state index in [1.807, 2.05) is 6.92 Å². The van der Waals surface area contributed by atoms with Gasteiger partial charge >= 0.3 is 0 Å². The molecule has 6 heteroatoms. The van der Waals surface area contributed by atoms with Crippen LogP contribution in [0.1, 0.15) is 12.5 Å². The lowest BCUT2D eigenvalue weighted by Crippen LogP contribution is -2.00. The summed E-state index contributed by atoms with van der Waals surface area (Å²) < 4.78 is 28.0. The van der Waals surface area contributed by atoms with E-state index >= 15 is 0 Å². The highest BCUT2D eigenvalue weighted by atomic mass is 79.9. The molecule has 0 unspecified atom stereocenters. The van der Waals surface area contributed by atoms with Gasteiger partial charge in [0.25, 0.3) is 0 Å². The summed E-state index contributed by atoms with van der Waals surface area (Å²) in [5.41, 5.74) is 0.523. The SMILES string of the molecule is CCc1c(Cl)ncnc1-c1c(F)ccc(Br)c1F. The molecule has 1 aromatic carbocycles. The van der Waals surface area contributed by atoms with Gasteiger partial charge in [-0.2, -0.15) is 0 Å². The fourth-order valence-corrected chi connectivity index (χ4v) is 2.26. The van der Waals surface area contributed by atoms with Crippen LogP contribution in [0.4, 0.5) is 8.78 Å². The van der Waals surface area contributed by atoms with Crippen LogP contribution in [0.5, 0.6) is 0 Å². The van der Waals surface area contributed by atoms with Crippen LogP contribution >= 0.6 is 27.5 Å². The molecule has 0 aliphatic carbocycles. The summed E-state index contributed by atoms with van der Waals surface area (Å²) in [6.45, 7) is 1.82. The van der Waals surface area contributed by atoms with Crippen LogP contribution in [-0.2, 0) is 6.42 Å². The Labute approximate surface area is 116 Å². The molecule has 0 atom stereocenters. The Morgan fingerprint density at radius 3 is 2.67 bits per heavy atom. The van der Waals surface area contributed by atoms with Crippen LogP contribution in [0.25, 0.3) is 11.3 Å². The van der Waals surface area contributed by atoms with Gasteiger partial charge in [-0.3, -0.25) is 0 Å². The maximum absolute atomic E-state index is 14.0. The average molecular weight is 334 g/mol. The second-order valence-electron chi connectivity index (χ2n) is 3.56. The summed E-state index contributed by atoms with van der Waals surface area (Å²) in [5, 5.41) is 0.210. The van der Waals surface area contributed by atoms with Crippen molar-refractivity contribution >= 4 is 27.5 Å². The zero-order valence-electron chi connectivity index (χ0n) is 9.35. The lowest BCUT2D eigenvalue weighted by Gasteiger charge is -2.10. The second kappa shape index (κ2) is 5.28. The molecule has 1 aromatic heterocycles. The molecule has 0 saturated carbocycles. The maximum Gasteiger partial charge on any atom is 0.149 e. The zero-order valence-corrected chi connectivity index (χ0v) is 11.7. The number of halogens is 4. The van der Waals surface area contributed by atoms with Crippen LogP contribution in [0.2, 0.25) is 5.15 Å². The van der Waals surface area contributed by atoms with E-state index in [9.17, 15) is 8.78 Å². The summed E-state index contributed by atoms with van der Waals surface area (Å²) >= 11 is 8.94. The molecule has 0 aliphatic rings. The first-order valence-electron chi connectivity index (χ1n) is 5.19. The number of hydrogen-bond donors (Lipinski definition) is 0. The van der Waals surface area contributed by atoms with Crippen molar-refractivity contribution in [2.45, 2.75) is 13.3 Å². The Hall–Kier alpha value is -1.07. The van der Waals surface area contributed by atoms with Crippen LogP contribution in [0.15, 0.2) is 22.9 Å². The largest absolute Gasteiger partial charge is 0.236 e. The first-order chi connectivity index (χ1) is 8.56. The van der Waals surface area contributed by atoms with Gasteiger partial charge in [-0.25, -0.2) is 18.7 Å². The van der Waals surface area contributed by atoms with Crippen molar-refractivity contribution < 1.29 is 8.78 Å². The molecule has 2 nitrogen and oxygen atoms in total. The van der Waals surface area contributed by atoms with E-state index in [1.165, 1.54) is 18.5 Å². The fraction of sp³-hybridized carbons (Fsp3) is 0.167. The molecule has 0 fully saturated rings. The summed E-state index contributed by atoms with van der Waals surface area (Å²) in [7, 11) is 0. The molecular formula is C12H8BrClF2N2. The Morgan fingerprint density at radius 1 is 1.28 bits per heavy atom. The van der Waals surface area contributed by atoms with Gasteiger partial charge in [0, 0.05) is 5.56 Å². The van der Waals surface area contributed by atoms with Gasteiger partial charge in [0.1, 0.15) is 23.1 Å². The second-order valence-corrected chi connectivity index (χ2v) is 4.78. The van der Waals surface area contributed by atoms with Gasteiger partial charge in [-0.05, 0) is 34.5 Å². The molecule has 0 spiro atoms. The van der Waals surface area contributed by atoms with Crippen molar-refractivity contribution in [2.24, 2.45) is 0 Å². The average Bonchev–Trinajstić information content (AvgIpc) is 2.35. The molecule has 0 saturated heterocycles. The van der Waals surface area contributed by atoms with Gasteiger partial charge in [-0.1, -0.05) is 18.5 Å². The molecule has 2 aromatic rings. The van der Waals surface area contributed by atoms with Crippen LogP contribution in [-0.4, -0.2) is 9.97 Å². The number of hydrogen-bond acceptors (Lipinski definition) is 2. The zero-order chi connectivity index (χ0) is 13.3. The monoisotopic (exact) mass is 332 g/mol. The minimum Gasteiger partial charge on any atom is -0.236 e. The van der Waals surface area contributed by atoms with Crippen LogP contribution < -0.4 is 0 Å². The Morgan fingerprint density at radius 2 is 2.00 bits per heavy atom. The smallest absolute Gasteiger partial charge is 0.149 e. The summed E-state index contributed by atoms with van der Waals surface area (Å²) in [4.78, 5) is 7.76. The summed E-state index contributed by atoms with van der Waals surface area (Å²) in [6.07, 6.45) is 1.68. The van der Waals surface area contributed by atoms with E-state index in [0.29, 0.717) is 12.0 Å². The highest BCUT2D eigenvalue weighted by molar-refractivity contribution is 9.10. The normalized spacial score (nSPS) is 10.7. The van der Waals surface area contributed by atoms with Gasteiger partial charge in [0.05, 0.1) is 15.7 Å². The van der Waals surface area contributed by atoms with Gasteiger partial charge in [-0.15, -0.1) is 0 Å². The third-order valence-electron chi connectivity index (χ3n) is 2.53. The van der Waals surface area contributed by atoms with E-state index in [2.05, 4.69) is 25.9 Å². The minimum atomic E-state index is -0.695. The number of rotatable bonds is 2. The van der Waals surface area contributed by atoms with Crippen LogP contribution in [0, 0.1) is 11.6 Å². The van der Waals surface area contributed by atoms with Crippen molar-refractivity contribution in [3.8, 4) is 11.3 Å². The topological polar surface area (TPSA) is 25.8 Å². The quantitative estimate of drug-likeness (QED) is 0.601. The molecule has 1 heterocycles. The van der Waals surface area contributed by atoms with Crippen molar-refractivity contribution in [3.63, 3.8) is 0 Å². The van der Waals surface area contributed by atoms with E-state index in [0.717, 1.165) is 0 Å². The molecule has 2 rings (SSSR count). The minimum absolute atomic E-state index is 0.177. The fourth-order valence-electron chi connectivity index (χ4n) is 1.66. The molecule has 18 heavy (non-hydrogen) atoms. The number of nitrogens with zero attached hydrogens (tertiary/aromatic N) is 2. The molecule has 0 N–H and O–H groups in total. The number of aromatic nitrogens is 2. The lowest BCUT2D eigenvalue weighted by molar-refractivity contribution is 0.584. The predicted molar refractivity (Wildman–Crippen MR) is 69.5 cm³/mol. The van der Waals surface area contributed by atoms with Crippen molar-refractivity contribution in [2.75, 3.05) is 0 Å². The standard InChI is InChI=1S/C12H8BrClF2N2/c1-2-6-11(17-5-18-12(6)14)9-8(15)4-3-7(13)10(9)16/h3-5H,2H2,1H3. The summed E-state index contributed by atoms with van der Waals surface area (Å²) in [6, 6.07) is 2.49. The lowest BCUT2D eigenvalue weighted by atomic mass is 10.0. The van der Waals surface area contributed by atoms with E-state index in [-0.39, 0.29) is 20.9 Å².